The van der Waals surface area contributed by atoms with Crippen LogP contribution in [-0.4, -0.2) is 14.1 Å². The Labute approximate surface area is 116 Å². The van der Waals surface area contributed by atoms with Gasteiger partial charge in [0.05, 0.1) is 4.92 Å². The summed E-state index contributed by atoms with van der Waals surface area (Å²) in [6, 6.07) is 0. The molecule has 0 radical (unpaired) electrons. The van der Waals surface area contributed by atoms with Gasteiger partial charge in [0.15, 0.2) is 0 Å². The van der Waals surface area contributed by atoms with Gasteiger partial charge in [0.1, 0.15) is 5.69 Å². The molecule has 2 rings (SSSR count). The van der Waals surface area contributed by atoms with Crippen molar-refractivity contribution in [2.45, 2.75) is 52.6 Å². The molecule has 0 amide bonds. The third kappa shape index (κ3) is 2.66. The van der Waals surface area contributed by atoms with Gasteiger partial charge in [-0.1, -0.05) is 13.3 Å². The lowest BCUT2D eigenvalue weighted by atomic mass is 10.3. The zero-order valence-corrected chi connectivity index (χ0v) is 11.8. The molecule has 0 unspecified atom stereocenters. The molecule has 1 aliphatic carbocycles. The second-order valence-electron chi connectivity index (χ2n) is 5.34. The third-order valence-electron chi connectivity index (χ3n) is 3.71. The fourth-order valence-electron chi connectivity index (χ4n) is 2.28. The van der Waals surface area contributed by atoms with Crippen LogP contribution in [0.3, 0.4) is 0 Å². The first-order valence-corrected chi connectivity index (χ1v) is 6.96. The predicted octanol–water partition coefficient (Wildman–Crippen LogP) is 1.44. The smallest absolute Gasteiger partial charge is 0.291 e. The second-order valence-corrected chi connectivity index (χ2v) is 5.34. The van der Waals surface area contributed by atoms with E-state index in [1.165, 1.54) is 11.5 Å². The first-order chi connectivity index (χ1) is 9.47. The van der Waals surface area contributed by atoms with Gasteiger partial charge in [-0.15, -0.1) is 0 Å². The lowest BCUT2D eigenvalue weighted by molar-refractivity contribution is -0.387. The van der Waals surface area contributed by atoms with Crippen molar-refractivity contribution in [2.24, 2.45) is 5.92 Å². The molecule has 1 aromatic heterocycles. The summed E-state index contributed by atoms with van der Waals surface area (Å²) in [5.74, 6) is 0.406. The van der Waals surface area contributed by atoms with Crippen LogP contribution in [0.1, 0.15) is 38.3 Å². The molecule has 20 heavy (non-hydrogen) atoms. The Morgan fingerprint density at radius 2 is 1.95 bits per heavy atom. The average Bonchev–Trinajstić information content (AvgIpc) is 3.18. The number of nitrogens with zero attached hydrogens (tertiary/aromatic N) is 3. The molecule has 1 heterocycles. The van der Waals surface area contributed by atoms with Crippen LogP contribution in [0.5, 0.6) is 0 Å². The van der Waals surface area contributed by atoms with Gasteiger partial charge >= 0.3 is 16.9 Å². The van der Waals surface area contributed by atoms with Crippen LogP contribution in [0.25, 0.3) is 0 Å². The fourth-order valence-corrected chi connectivity index (χ4v) is 2.28. The Morgan fingerprint density at radius 3 is 2.45 bits per heavy atom. The van der Waals surface area contributed by atoms with Crippen molar-refractivity contribution in [3.8, 4) is 0 Å². The molecule has 0 spiro atoms. The van der Waals surface area contributed by atoms with E-state index in [-0.39, 0.29) is 12.2 Å². The zero-order valence-electron chi connectivity index (χ0n) is 11.8. The van der Waals surface area contributed by atoms with Crippen LogP contribution >= 0.6 is 0 Å². The summed E-state index contributed by atoms with van der Waals surface area (Å²) in [5, 5.41) is 11.1. The van der Waals surface area contributed by atoms with E-state index < -0.39 is 21.9 Å². The average molecular weight is 281 g/mol. The largest absolute Gasteiger partial charge is 0.353 e. The molecule has 110 valence electrons. The summed E-state index contributed by atoms with van der Waals surface area (Å²) < 4.78 is 2.41. The van der Waals surface area contributed by atoms with Crippen molar-refractivity contribution in [1.29, 1.82) is 0 Å². The SMILES string of the molecule is CCCCn1c(=O)c([N+](=O)[O-])c(C)n(CC2CC2)c1=O. The quantitative estimate of drug-likeness (QED) is 0.583. The van der Waals surface area contributed by atoms with Gasteiger partial charge in [0.25, 0.3) is 0 Å². The van der Waals surface area contributed by atoms with Gasteiger partial charge < -0.3 is 0 Å². The van der Waals surface area contributed by atoms with Crippen molar-refractivity contribution in [2.75, 3.05) is 0 Å². The summed E-state index contributed by atoms with van der Waals surface area (Å²) >= 11 is 0. The molecule has 1 fully saturated rings. The normalized spacial score (nSPS) is 14.5. The number of unbranched alkanes of at least 4 members (excludes halogenated alkanes) is 1. The molecule has 1 saturated carbocycles. The molecule has 0 bridgehead atoms. The van der Waals surface area contributed by atoms with Crippen molar-refractivity contribution in [1.82, 2.24) is 9.13 Å². The number of aromatic nitrogens is 2. The summed E-state index contributed by atoms with van der Waals surface area (Å²) in [6.45, 7) is 4.13. The standard InChI is InChI=1S/C13H19N3O4/c1-3-4-7-14-12(17)11(16(19)20)9(2)15(13(14)18)8-10-5-6-10/h10H,3-8H2,1-2H3. The Bertz CT molecular complexity index is 640. The molecule has 1 aliphatic rings. The highest BCUT2D eigenvalue weighted by Crippen LogP contribution is 2.30. The maximum Gasteiger partial charge on any atom is 0.353 e. The van der Waals surface area contributed by atoms with E-state index in [1.807, 2.05) is 6.92 Å². The number of rotatable bonds is 6. The second kappa shape index (κ2) is 5.60. The van der Waals surface area contributed by atoms with Crippen molar-refractivity contribution >= 4 is 5.69 Å². The Kier molecular flexibility index (Phi) is 4.06. The van der Waals surface area contributed by atoms with E-state index in [2.05, 4.69) is 0 Å². The summed E-state index contributed by atoms with van der Waals surface area (Å²) in [6.07, 6.45) is 3.54. The summed E-state index contributed by atoms with van der Waals surface area (Å²) in [7, 11) is 0. The fraction of sp³-hybridized carbons (Fsp3) is 0.692. The Balaban J connectivity index is 2.60. The highest BCUT2D eigenvalue weighted by atomic mass is 16.6. The summed E-state index contributed by atoms with van der Waals surface area (Å²) in [4.78, 5) is 34.9. The molecular weight excluding hydrogens is 262 g/mol. The first kappa shape index (κ1) is 14.5. The lowest BCUT2D eigenvalue weighted by Gasteiger charge is -2.13. The molecule has 1 aromatic rings. The van der Waals surface area contributed by atoms with Crippen LogP contribution in [-0.2, 0) is 13.1 Å². The molecule has 7 heteroatoms. The van der Waals surface area contributed by atoms with Crippen molar-refractivity contribution in [3.05, 3.63) is 36.6 Å². The topological polar surface area (TPSA) is 87.1 Å². The third-order valence-corrected chi connectivity index (χ3v) is 3.71. The van der Waals surface area contributed by atoms with Gasteiger partial charge in [-0.3, -0.25) is 24.0 Å². The van der Waals surface area contributed by atoms with Gasteiger partial charge in [-0.2, -0.15) is 0 Å². The van der Waals surface area contributed by atoms with E-state index in [9.17, 15) is 19.7 Å². The summed E-state index contributed by atoms with van der Waals surface area (Å²) in [5.41, 5.74) is -1.50. The number of hydrogen-bond acceptors (Lipinski definition) is 4. The van der Waals surface area contributed by atoms with E-state index in [1.54, 1.807) is 0 Å². The highest BCUT2D eigenvalue weighted by Gasteiger charge is 2.28. The zero-order chi connectivity index (χ0) is 14.9. The van der Waals surface area contributed by atoms with Crippen LogP contribution < -0.4 is 11.2 Å². The van der Waals surface area contributed by atoms with Crippen LogP contribution in [0.15, 0.2) is 9.59 Å². The predicted molar refractivity (Wildman–Crippen MR) is 74.0 cm³/mol. The molecule has 0 atom stereocenters. The van der Waals surface area contributed by atoms with Gasteiger partial charge in [-0.25, -0.2) is 4.79 Å². The lowest BCUT2D eigenvalue weighted by Crippen LogP contribution is -2.42. The van der Waals surface area contributed by atoms with Crippen LogP contribution in [0, 0.1) is 23.0 Å². The molecule has 7 nitrogen and oxygen atoms in total. The van der Waals surface area contributed by atoms with Crippen LogP contribution in [0.2, 0.25) is 0 Å². The van der Waals surface area contributed by atoms with E-state index in [0.717, 1.165) is 23.8 Å². The van der Waals surface area contributed by atoms with E-state index >= 15 is 0 Å². The molecule has 0 aliphatic heterocycles. The monoisotopic (exact) mass is 281 g/mol. The highest BCUT2D eigenvalue weighted by molar-refractivity contribution is 5.32. The molecule has 0 aromatic carbocycles. The van der Waals surface area contributed by atoms with E-state index in [0.29, 0.717) is 18.9 Å². The van der Waals surface area contributed by atoms with Gasteiger partial charge in [0.2, 0.25) is 0 Å². The van der Waals surface area contributed by atoms with E-state index in [4.69, 9.17) is 0 Å². The van der Waals surface area contributed by atoms with Gasteiger partial charge in [0, 0.05) is 13.1 Å². The molecule has 0 saturated heterocycles. The maximum absolute atomic E-state index is 12.4. The first-order valence-electron chi connectivity index (χ1n) is 6.96. The van der Waals surface area contributed by atoms with Gasteiger partial charge in [-0.05, 0) is 32.1 Å². The number of hydrogen-bond donors (Lipinski definition) is 0. The minimum atomic E-state index is -0.780. The van der Waals surface area contributed by atoms with Crippen LogP contribution in [0.4, 0.5) is 5.69 Å². The Hall–Kier alpha value is -1.92. The number of nitro groups is 1. The Morgan fingerprint density at radius 1 is 1.30 bits per heavy atom. The minimum Gasteiger partial charge on any atom is -0.291 e. The molecule has 0 N–H and O–H groups in total. The van der Waals surface area contributed by atoms with Crippen molar-refractivity contribution in [3.63, 3.8) is 0 Å². The maximum atomic E-state index is 12.4. The molecular formula is C13H19N3O4. The van der Waals surface area contributed by atoms with Crippen molar-refractivity contribution < 1.29 is 4.92 Å². The minimum absolute atomic E-state index is 0.171.